The van der Waals surface area contributed by atoms with E-state index in [1.54, 1.807) is 6.92 Å². The molecule has 0 rings (SSSR count). The monoisotopic (exact) mass is 186 g/mol. The molecule has 1 unspecified atom stereocenters. The third-order valence-corrected chi connectivity index (χ3v) is 1.11. The quantitative estimate of drug-likeness (QED) is 0.287. The van der Waals surface area contributed by atoms with E-state index in [0.29, 0.717) is 0 Å². The fourth-order valence-electron chi connectivity index (χ4n) is 0.616. The molecule has 1 N–H and O–H groups in total. The van der Waals surface area contributed by atoms with Gasteiger partial charge in [0.15, 0.2) is 0 Å². The second-order valence-corrected chi connectivity index (χ2v) is 2.23. The van der Waals surface area contributed by atoms with Crippen molar-refractivity contribution in [1.82, 2.24) is 0 Å². The molecule has 0 aliphatic rings. The first-order valence-corrected chi connectivity index (χ1v) is 3.47. The van der Waals surface area contributed by atoms with E-state index in [0.717, 1.165) is 0 Å². The van der Waals surface area contributed by atoms with Crippen LogP contribution >= 0.6 is 0 Å². The Kier molecular flexibility index (Phi) is 5.23. The summed E-state index contributed by atoms with van der Waals surface area (Å²) in [5, 5.41) is 18.9. The van der Waals surface area contributed by atoms with Gasteiger partial charge in [-0.25, -0.2) is 4.79 Å². The first-order chi connectivity index (χ1) is 6.15. The van der Waals surface area contributed by atoms with Crippen LogP contribution in [0.15, 0.2) is 5.16 Å². The van der Waals surface area contributed by atoms with Crippen LogP contribution in [0.5, 0.6) is 0 Å². The van der Waals surface area contributed by atoms with Crippen molar-refractivity contribution in [3.8, 4) is 6.07 Å². The lowest BCUT2D eigenvalue weighted by Crippen LogP contribution is -2.24. The number of nitriles is 1. The summed E-state index contributed by atoms with van der Waals surface area (Å²) in [5.41, 5.74) is -0.678. The number of carbonyl (C=O) groups excluding carboxylic acids is 1. The predicted molar refractivity (Wildman–Crippen MR) is 42.3 cm³/mol. The lowest BCUT2D eigenvalue weighted by atomic mass is 10.4. The van der Waals surface area contributed by atoms with E-state index in [9.17, 15) is 4.79 Å². The van der Waals surface area contributed by atoms with Gasteiger partial charge in [0, 0.05) is 7.11 Å². The van der Waals surface area contributed by atoms with Gasteiger partial charge in [-0.1, -0.05) is 5.16 Å². The summed E-state index contributed by atoms with van der Waals surface area (Å²) in [4.78, 5) is 10.9. The Balaban J connectivity index is 4.09. The highest BCUT2D eigenvalue weighted by molar-refractivity contribution is 6.42. The maximum absolute atomic E-state index is 10.9. The van der Waals surface area contributed by atoms with Crippen LogP contribution in [0, 0.1) is 11.3 Å². The summed E-state index contributed by atoms with van der Waals surface area (Å²) >= 11 is 0. The molecule has 0 bridgehead atoms. The minimum Gasteiger partial charge on any atom is -0.455 e. The van der Waals surface area contributed by atoms with Gasteiger partial charge in [-0.15, -0.1) is 0 Å². The van der Waals surface area contributed by atoms with Crippen molar-refractivity contribution in [2.75, 3.05) is 13.7 Å². The molecule has 0 heterocycles. The third-order valence-electron chi connectivity index (χ3n) is 1.11. The summed E-state index contributed by atoms with van der Waals surface area (Å²) in [5.74, 6) is -0.963. The number of carbonyl (C=O) groups is 1. The van der Waals surface area contributed by atoms with Gasteiger partial charge in [0.2, 0.25) is 0 Å². The van der Waals surface area contributed by atoms with Gasteiger partial charge in [-0.2, -0.15) is 5.26 Å². The van der Waals surface area contributed by atoms with Crippen LogP contribution in [-0.4, -0.2) is 36.7 Å². The lowest BCUT2D eigenvalue weighted by Gasteiger charge is -2.09. The van der Waals surface area contributed by atoms with Gasteiger partial charge in [0.25, 0.3) is 5.71 Å². The average Bonchev–Trinajstić information content (AvgIpc) is 2.06. The first kappa shape index (κ1) is 11.4. The van der Waals surface area contributed by atoms with Crippen molar-refractivity contribution in [1.29, 1.82) is 5.26 Å². The molecule has 6 nitrogen and oxygen atoms in total. The maximum atomic E-state index is 10.9. The molecule has 0 saturated carbocycles. The number of rotatable bonds is 4. The van der Waals surface area contributed by atoms with Crippen LogP contribution in [0.25, 0.3) is 0 Å². The summed E-state index contributed by atoms with van der Waals surface area (Å²) in [6, 6.07) is 1.38. The minimum atomic E-state index is -0.963. The minimum absolute atomic E-state index is 0.218. The lowest BCUT2D eigenvalue weighted by molar-refractivity contribution is -0.142. The van der Waals surface area contributed by atoms with Crippen LogP contribution in [-0.2, 0) is 14.3 Å². The van der Waals surface area contributed by atoms with Crippen molar-refractivity contribution >= 4 is 11.7 Å². The molecule has 0 spiro atoms. The zero-order valence-corrected chi connectivity index (χ0v) is 7.35. The molecule has 0 aromatic heterocycles. The zero-order chi connectivity index (χ0) is 10.3. The Morgan fingerprint density at radius 2 is 2.38 bits per heavy atom. The van der Waals surface area contributed by atoms with Gasteiger partial charge in [-0.3, -0.25) is 0 Å². The van der Waals surface area contributed by atoms with E-state index >= 15 is 0 Å². The maximum Gasteiger partial charge on any atom is 0.371 e. The Bertz CT molecular complexity index is 243. The van der Waals surface area contributed by atoms with Crippen LogP contribution in [0.3, 0.4) is 0 Å². The van der Waals surface area contributed by atoms with Gasteiger partial charge in [0.05, 0.1) is 6.61 Å². The highest BCUT2D eigenvalue weighted by Gasteiger charge is 2.16. The van der Waals surface area contributed by atoms with E-state index in [1.165, 1.54) is 13.2 Å². The molecule has 0 saturated heterocycles. The highest BCUT2D eigenvalue weighted by atomic mass is 16.6. The molecule has 0 amide bonds. The van der Waals surface area contributed by atoms with E-state index in [-0.39, 0.29) is 6.61 Å². The van der Waals surface area contributed by atoms with Crippen molar-refractivity contribution in [2.24, 2.45) is 5.16 Å². The van der Waals surface area contributed by atoms with Crippen molar-refractivity contribution < 1.29 is 19.5 Å². The van der Waals surface area contributed by atoms with Gasteiger partial charge in [-0.05, 0) is 6.92 Å². The molecule has 0 aliphatic carbocycles. The molecule has 0 fully saturated rings. The summed E-state index contributed by atoms with van der Waals surface area (Å²) in [6.07, 6.45) is -0.484. The van der Waals surface area contributed by atoms with E-state index in [4.69, 9.17) is 10.5 Å². The second kappa shape index (κ2) is 5.97. The highest BCUT2D eigenvalue weighted by Crippen LogP contribution is 1.93. The van der Waals surface area contributed by atoms with Crippen LogP contribution in [0.1, 0.15) is 6.92 Å². The fourth-order valence-corrected chi connectivity index (χ4v) is 0.616. The van der Waals surface area contributed by atoms with Crippen molar-refractivity contribution in [3.63, 3.8) is 0 Å². The smallest absolute Gasteiger partial charge is 0.371 e. The molecule has 0 aromatic rings. The Morgan fingerprint density at radius 3 is 2.77 bits per heavy atom. The zero-order valence-electron chi connectivity index (χ0n) is 7.35. The number of methoxy groups -OCH3 is 1. The van der Waals surface area contributed by atoms with Crippen molar-refractivity contribution in [3.05, 3.63) is 0 Å². The van der Waals surface area contributed by atoms with Crippen LogP contribution in [0.2, 0.25) is 0 Å². The van der Waals surface area contributed by atoms with Crippen molar-refractivity contribution in [2.45, 2.75) is 13.0 Å². The molecular formula is C7H10N2O4. The van der Waals surface area contributed by atoms with Crippen LogP contribution < -0.4 is 0 Å². The largest absolute Gasteiger partial charge is 0.455 e. The average molecular weight is 186 g/mol. The number of esters is 1. The Labute approximate surface area is 75.4 Å². The van der Waals surface area contributed by atoms with E-state index in [1.807, 2.05) is 0 Å². The summed E-state index contributed by atoms with van der Waals surface area (Å²) < 4.78 is 9.35. The molecular weight excluding hydrogens is 176 g/mol. The molecule has 1 atom stereocenters. The van der Waals surface area contributed by atoms with E-state index in [2.05, 4.69) is 14.6 Å². The van der Waals surface area contributed by atoms with Gasteiger partial charge < -0.3 is 14.7 Å². The summed E-state index contributed by atoms with van der Waals surface area (Å²) in [6.45, 7) is 1.81. The van der Waals surface area contributed by atoms with Crippen LogP contribution in [0.4, 0.5) is 0 Å². The standard InChI is InChI=1S/C7H10N2O4/c1-5(4-12-2)13-7(10)6(3-8)9-11/h5,11H,4H2,1-2H3. The molecule has 13 heavy (non-hydrogen) atoms. The summed E-state index contributed by atoms with van der Waals surface area (Å²) in [7, 11) is 1.45. The third kappa shape index (κ3) is 4.08. The van der Waals surface area contributed by atoms with E-state index < -0.39 is 17.8 Å². The number of hydrogen-bond acceptors (Lipinski definition) is 6. The molecule has 6 heteroatoms. The Hall–Kier alpha value is -1.61. The fraction of sp³-hybridized carbons (Fsp3) is 0.571. The number of ether oxygens (including phenoxy) is 2. The first-order valence-electron chi connectivity index (χ1n) is 3.47. The SMILES string of the molecule is COCC(C)OC(=O)C(C#N)=NO. The molecule has 0 aromatic carbocycles. The Morgan fingerprint density at radius 1 is 1.77 bits per heavy atom. The number of nitrogens with zero attached hydrogens (tertiary/aromatic N) is 2. The topological polar surface area (TPSA) is 91.9 Å². The predicted octanol–water partition coefficient (Wildman–Crippen LogP) is -0.0817. The normalized spacial score (nSPS) is 13.2. The van der Waals surface area contributed by atoms with Gasteiger partial charge in [0.1, 0.15) is 12.2 Å². The molecule has 0 radical (unpaired) electrons. The second-order valence-electron chi connectivity index (χ2n) is 2.23. The van der Waals surface area contributed by atoms with Gasteiger partial charge >= 0.3 is 5.97 Å². The number of hydrogen-bond donors (Lipinski definition) is 1. The molecule has 0 aliphatic heterocycles. The molecule has 72 valence electrons. The number of oxime groups is 1.